The zero-order valence-electron chi connectivity index (χ0n) is 16.0. The zero-order valence-corrected chi connectivity index (χ0v) is 16.8. The van der Waals surface area contributed by atoms with E-state index >= 15 is 0 Å². The largest absolute Gasteiger partial charge is 0.360 e. The van der Waals surface area contributed by atoms with Gasteiger partial charge in [0.05, 0.1) is 0 Å². The van der Waals surface area contributed by atoms with Gasteiger partial charge in [-0.05, 0) is 74.7 Å². The summed E-state index contributed by atoms with van der Waals surface area (Å²) in [6.07, 6.45) is 3.62. The SMILES string of the molecule is Cc1cc(NC(=S)NC(C)CCc2ccccc2)ccc1N1CCCC1=O. The van der Waals surface area contributed by atoms with Crippen LogP contribution in [0.25, 0.3) is 0 Å². The molecule has 0 radical (unpaired) electrons. The van der Waals surface area contributed by atoms with Gasteiger partial charge in [0.1, 0.15) is 0 Å². The molecule has 0 saturated carbocycles. The second-order valence-corrected chi connectivity index (χ2v) is 7.58. The van der Waals surface area contributed by atoms with Crippen LogP contribution < -0.4 is 15.5 Å². The van der Waals surface area contributed by atoms with Crippen LogP contribution in [0, 0.1) is 6.92 Å². The first-order valence-corrected chi connectivity index (χ1v) is 9.96. The van der Waals surface area contributed by atoms with Crippen LogP contribution >= 0.6 is 12.2 Å². The lowest BCUT2D eigenvalue weighted by molar-refractivity contribution is -0.117. The lowest BCUT2D eigenvalue weighted by Crippen LogP contribution is -2.36. The number of hydrogen-bond donors (Lipinski definition) is 2. The van der Waals surface area contributed by atoms with Gasteiger partial charge in [0.15, 0.2) is 5.11 Å². The molecule has 2 aromatic rings. The van der Waals surface area contributed by atoms with Crippen LogP contribution in [-0.2, 0) is 11.2 Å². The van der Waals surface area contributed by atoms with Crippen molar-refractivity contribution in [2.75, 3.05) is 16.8 Å². The van der Waals surface area contributed by atoms with Crippen molar-refractivity contribution in [3.8, 4) is 0 Å². The van der Waals surface area contributed by atoms with E-state index in [1.165, 1.54) is 5.56 Å². The van der Waals surface area contributed by atoms with Crippen LogP contribution in [-0.4, -0.2) is 23.6 Å². The fraction of sp³-hybridized carbons (Fsp3) is 0.364. The predicted molar refractivity (Wildman–Crippen MR) is 116 cm³/mol. The Hall–Kier alpha value is -2.40. The van der Waals surface area contributed by atoms with Gasteiger partial charge in [0.2, 0.25) is 5.91 Å². The van der Waals surface area contributed by atoms with Gasteiger partial charge in [-0.1, -0.05) is 30.3 Å². The molecular weight excluding hydrogens is 354 g/mol. The van der Waals surface area contributed by atoms with E-state index < -0.39 is 0 Å². The molecule has 4 nitrogen and oxygen atoms in total. The minimum absolute atomic E-state index is 0.211. The number of amides is 1. The minimum atomic E-state index is 0.211. The maximum absolute atomic E-state index is 12.0. The minimum Gasteiger partial charge on any atom is -0.360 e. The second kappa shape index (κ2) is 9.00. The summed E-state index contributed by atoms with van der Waals surface area (Å²) < 4.78 is 0. The summed E-state index contributed by atoms with van der Waals surface area (Å²) in [5, 5.41) is 7.23. The van der Waals surface area contributed by atoms with Gasteiger partial charge in [0.25, 0.3) is 0 Å². The van der Waals surface area contributed by atoms with E-state index in [9.17, 15) is 4.79 Å². The summed E-state index contributed by atoms with van der Waals surface area (Å²) in [7, 11) is 0. The zero-order chi connectivity index (χ0) is 19.2. The van der Waals surface area contributed by atoms with Gasteiger partial charge in [-0.2, -0.15) is 0 Å². The topological polar surface area (TPSA) is 44.4 Å². The highest BCUT2D eigenvalue weighted by Gasteiger charge is 2.22. The van der Waals surface area contributed by atoms with Crippen LogP contribution in [0.3, 0.4) is 0 Å². The van der Waals surface area contributed by atoms with Crippen molar-refractivity contribution in [1.82, 2.24) is 5.32 Å². The lowest BCUT2D eigenvalue weighted by Gasteiger charge is -2.20. The van der Waals surface area contributed by atoms with E-state index in [4.69, 9.17) is 12.2 Å². The molecule has 1 saturated heterocycles. The van der Waals surface area contributed by atoms with E-state index in [2.05, 4.69) is 41.8 Å². The molecule has 2 N–H and O–H groups in total. The fourth-order valence-electron chi connectivity index (χ4n) is 3.43. The molecule has 1 atom stereocenters. The highest BCUT2D eigenvalue weighted by molar-refractivity contribution is 7.80. The van der Waals surface area contributed by atoms with Gasteiger partial charge < -0.3 is 15.5 Å². The molecule has 0 aromatic heterocycles. The first kappa shape index (κ1) is 19.4. The molecule has 0 bridgehead atoms. The molecule has 1 fully saturated rings. The third-order valence-electron chi connectivity index (χ3n) is 4.91. The van der Waals surface area contributed by atoms with Gasteiger partial charge in [-0.15, -0.1) is 0 Å². The Kier molecular flexibility index (Phi) is 6.45. The fourth-order valence-corrected chi connectivity index (χ4v) is 3.75. The average molecular weight is 382 g/mol. The number of nitrogens with zero attached hydrogens (tertiary/aromatic N) is 1. The van der Waals surface area contributed by atoms with Crippen molar-refractivity contribution in [3.63, 3.8) is 0 Å². The van der Waals surface area contributed by atoms with Crippen molar-refractivity contribution >= 4 is 34.6 Å². The number of nitrogens with one attached hydrogen (secondary N) is 2. The maximum atomic E-state index is 12.0. The van der Waals surface area contributed by atoms with Crippen LogP contribution in [0.5, 0.6) is 0 Å². The van der Waals surface area contributed by atoms with E-state index in [1.54, 1.807) is 0 Å². The highest BCUT2D eigenvalue weighted by atomic mass is 32.1. The summed E-state index contributed by atoms with van der Waals surface area (Å²) >= 11 is 5.46. The van der Waals surface area contributed by atoms with E-state index in [-0.39, 0.29) is 11.9 Å². The number of rotatable bonds is 6. The number of aryl methyl sites for hydroxylation is 2. The number of carbonyl (C=O) groups excluding carboxylic acids is 1. The summed E-state index contributed by atoms with van der Waals surface area (Å²) in [6, 6.07) is 16.8. The molecule has 1 aliphatic rings. The Labute approximate surface area is 167 Å². The standard InChI is InChI=1S/C22H27N3OS/c1-16-15-19(12-13-20(16)25-14-6-9-21(25)26)24-22(27)23-17(2)10-11-18-7-4-3-5-8-18/h3-5,7-8,12-13,15,17H,6,9-11,14H2,1-2H3,(H2,23,24,27). The monoisotopic (exact) mass is 381 g/mol. The van der Waals surface area contributed by atoms with Gasteiger partial charge in [-0.3, -0.25) is 4.79 Å². The molecule has 5 heteroatoms. The lowest BCUT2D eigenvalue weighted by atomic mass is 10.1. The van der Waals surface area contributed by atoms with E-state index in [0.29, 0.717) is 11.5 Å². The van der Waals surface area contributed by atoms with Crippen LogP contribution in [0.4, 0.5) is 11.4 Å². The molecule has 3 rings (SSSR count). The van der Waals surface area contributed by atoms with Gasteiger partial charge >= 0.3 is 0 Å². The normalized spacial score (nSPS) is 14.9. The Morgan fingerprint density at radius 3 is 2.67 bits per heavy atom. The van der Waals surface area contributed by atoms with E-state index in [1.807, 2.05) is 36.1 Å². The van der Waals surface area contributed by atoms with Crippen molar-refractivity contribution in [2.24, 2.45) is 0 Å². The number of hydrogen-bond acceptors (Lipinski definition) is 2. The third-order valence-corrected chi connectivity index (χ3v) is 5.13. The number of anilines is 2. The first-order chi connectivity index (χ1) is 13.0. The molecule has 27 heavy (non-hydrogen) atoms. The summed E-state index contributed by atoms with van der Waals surface area (Å²) in [5.74, 6) is 0.211. The number of benzene rings is 2. The quantitative estimate of drug-likeness (QED) is 0.727. The Morgan fingerprint density at radius 2 is 2.00 bits per heavy atom. The maximum Gasteiger partial charge on any atom is 0.227 e. The highest BCUT2D eigenvalue weighted by Crippen LogP contribution is 2.27. The average Bonchev–Trinajstić information content (AvgIpc) is 3.06. The Bertz CT molecular complexity index is 806. The molecular formula is C22H27N3OS. The summed E-state index contributed by atoms with van der Waals surface area (Å²) in [6.45, 7) is 4.99. The first-order valence-electron chi connectivity index (χ1n) is 9.55. The Morgan fingerprint density at radius 1 is 1.22 bits per heavy atom. The van der Waals surface area contributed by atoms with Crippen molar-refractivity contribution in [1.29, 1.82) is 0 Å². The third kappa shape index (κ3) is 5.30. The van der Waals surface area contributed by atoms with E-state index in [0.717, 1.165) is 42.7 Å². The summed E-state index contributed by atoms with van der Waals surface area (Å²) in [4.78, 5) is 13.8. The van der Waals surface area contributed by atoms with Crippen LogP contribution in [0.1, 0.15) is 37.3 Å². The number of thiocarbonyl (C=S) groups is 1. The molecule has 142 valence electrons. The van der Waals surface area contributed by atoms with Crippen LogP contribution in [0.15, 0.2) is 48.5 Å². The molecule has 0 aliphatic carbocycles. The van der Waals surface area contributed by atoms with Crippen molar-refractivity contribution in [2.45, 2.75) is 45.6 Å². The Balaban J connectivity index is 1.51. The predicted octanol–water partition coefficient (Wildman–Crippen LogP) is 4.43. The molecule has 0 spiro atoms. The molecule has 2 aromatic carbocycles. The second-order valence-electron chi connectivity index (χ2n) is 7.17. The smallest absolute Gasteiger partial charge is 0.227 e. The van der Waals surface area contributed by atoms with Crippen LogP contribution in [0.2, 0.25) is 0 Å². The van der Waals surface area contributed by atoms with Gasteiger partial charge in [-0.25, -0.2) is 0 Å². The molecule has 1 unspecified atom stereocenters. The molecule has 1 aliphatic heterocycles. The number of carbonyl (C=O) groups is 1. The van der Waals surface area contributed by atoms with Crippen molar-refractivity contribution < 1.29 is 4.79 Å². The molecule has 1 heterocycles. The molecule has 1 amide bonds. The van der Waals surface area contributed by atoms with Crippen molar-refractivity contribution in [3.05, 3.63) is 59.7 Å². The summed E-state index contributed by atoms with van der Waals surface area (Å²) in [5.41, 5.74) is 4.36. The van der Waals surface area contributed by atoms with Gasteiger partial charge in [0, 0.05) is 30.4 Å².